The first kappa shape index (κ1) is 16.6. The number of hydrogen-bond acceptors (Lipinski definition) is 4. The molecule has 110 valence electrons. The predicted molar refractivity (Wildman–Crippen MR) is 80.9 cm³/mol. The van der Waals surface area contributed by atoms with Crippen molar-refractivity contribution in [1.29, 1.82) is 0 Å². The van der Waals surface area contributed by atoms with Gasteiger partial charge in [-0.05, 0) is 61.5 Å². The number of nitrogens with zero attached hydrogens (tertiary/aromatic N) is 2. The number of carbonyl (C=O) groups excluding carboxylic acids is 1. The Morgan fingerprint density at radius 2 is 2.10 bits per heavy atom. The molecule has 20 heavy (non-hydrogen) atoms. The molecule has 1 N–H and O–H groups in total. The zero-order chi connectivity index (χ0) is 15.1. The van der Waals surface area contributed by atoms with Crippen molar-refractivity contribution in [3.8, 4) is 0 Å². The Kier molecular flexibility index (Phi) is 6.60. The molecule has 0 atom stereocenters. The second-order valence-corrected chi connectivity index (χ2v) is 5.54. The molecule has 7 heteroatoms. The van der Waals surface area contributed by atoms with Crippen LogP contribution in [-0.2, 0) is 0 Å². The fraction of sp³-hybridized carbons (Fsp3) is 0.462. The molecule has 0 aromatic heterocycles. The summed E-state index contributed by atoms with van der Waals surface area (Å²) in [5.41, 5.74) is 0.192. The van der Waals surface area contributed by atoms with Crippen molar-refractivity contribution in [2.75, 3.05) is 27.2 Å². The van der Waals surface area contributed by atoms with E-state index in [-0.39, 0.29) is 11.6 Å². The third-order valence-electron chi connectivity index (χ3n) is 2.72. The standard InChI is InChI=1S/C13H18BrN3O3/c1-16(2)8-4-3-7-15-13(18)10-5-6-11(14)12(9-10)17(19)20/h5-6,9H,3-4,7-8H2,1-2H3,(H,15,18). The average molecular weight is 344 g/mol. The third-order valence-corrected chi connectivity index (χ3v) is 3.39. The molecule has 1 aromatic carbocycles. The van der Waals surface area contributed by atoms with Crippen LogP contribution in [0.5, 0.6) is 0 Å². The number of nitrogens with one attached hydrogen (secondary N) is 1. The van der Waals surface area contributed by atoms with Gasteiger partial charge in [-0.3, -0.25) is 14.9 Å². The highest BCUT2D eigenvalue weighted by Crippen LogP contribution is 2.25. The highest BCUT2D eigenvalue weighted by atomic mass is 79.9. The Balaban J connectivity index is 2.51. The summed E-state index contributed by atoms with van der Waals surface area (Å²) in [6.45, 7) is 1.54. The summed E-state index contributed by atoms with van der Waals surface area (Å²) in [5, 5.41) is 13.6. The van der Waals surface area contributed by atoms with Gasteiger partial charge in [-0.2, -0.15) is 0 Å². The minimum absolute atomic E-state index is 0.106. The van der Waals surface area contributed by atoms with Gasteiger partial charge in [-0.1, -0.05) is 0 Å². The van der Waals surface area contributed by atoms with E-state index in [1.54, 1.807) is 6.07 Å². The van der Waals surface area contributed by atoms with E-state index in [1.165, 1.54) is 12.1 Å². The number of nitro groups is 1. The first-order chi connectivity index (χ1) is 9.41. The Morgan fingerprint density at radius 1 is 1.40 bits per heavy atom. The molecule has 0 saturated carbocycles. The van der Waals surface area contributed by atoms with Crippen LogP contribution in [-0.4, -0.2) is 42.9 Å². The average Bonchev–Trinajstić information content (AvgIpc) is 2.37. The summed E-state index contributed by atoms with van der Waals surface area (Å²) in [7, 11) is 4.00. The molecule has 0 unspecified atom stereocenters. The van der Waals surface area contributed by atoms with Crippen LogP contribution in [0.15, 0.2) is 22.7 Å². The van der Waals surface area contributed by atoms with Crippen molar-refractivity contribution in [3.05, 3.63) is 38.3 Å². The van der Waals surface area contributed by atoms with Crippen LogP contribution in [0.4, 0.5) is 5.69 Å². The number of amides is 1. The SMILES string of the molecule is CN(C)CCCCNC(=O)c1ccc(Br)c([N+](=O)[O-])c1. The van der Waals surface area contributed by atoms with E-state index >= 15 is 0 Å². The Morgan fingerprint density at radius 3 is 2.70 bits per heavy atom. The molecule has 0 saturated heterocycles. The smallest absolute Gasteiger partial charge is 0.284 e. The third kappa shape index (κ3) is 5.26. The summed E-state index contributed by atoms with van der Waals surface area (Å²) >= 11 is 3.09. The quantitative estimate of drug-likeness (QED) is 0.468. The van der Waals surface area contributed by atoms with Gasteiger partial charge in [0.1, 0.15) is 0 Å². The summed E-state index contributed by atoms with van der Waals surface area (Å²) in [6, 6.07) is 4.35. The minimum Gasteiger partial charge on any atom is -0.352 e. The van der Waals surface area contributed by atoms with Gasteiger partial charge >= 0.3 is 0 Å². The molecule has 1 amide bonds. The maximum absolute atomic E-state index is 11.9. The molecule has 0 aliphatic heterocycles. The van der Waals surface area contributed by atoms with Crippen LogP contribution in [0.1, 0.15) is 23.2 Å². The van der Waals surface area contributed by atoms with Crippen LogP contribution < -0.4 is 5.32 Å². The lowest BCUT2D eigenvalue weighted by molar-refractivity contribution is -0.385. The maximum Gasteiger partial charge on any atom is 0.284 e. The molecule has 1 aromatic rings. The van der Waals surface area contributed by atoms with E-state index in [0.29, 0.717) is 16.6 Å². The molecule has 6 nitrogen and oxygen atoms in total. The van der Waals surface area contributed by atoms with E-state index in [4.69, 9.17) is 0 Å². The van der Waals surface area contributed by atoms with E-state index < -0.39 is 4.92 Å². The lowest BCUT2D eigenvalue weighted by Crippen LogP contribution is -2.25. The number of rotatable bonds is 7. The van der Waals surface area contributed by atoms with Crippen molar-refractivity contribution in [1.82, 2.24) is 10.2 Å². The fourth-order valence-electron chi connectivity index (χ4n) is 1.65. The molecule has 0 bridgehead atoms. The van der Waals surface area contributed by atoms with Crippen molar-refractivity contribution in [3.63, 3.8) is 0 Å². The van der Waals surface area contributed by atoms with Gasteiger partial charge in [-0.25, -0.2) is 0 Å². The maximum atomic E-state index is 11.9. The zero-order valence-electron chi connectivity index (χ0n) is 11.6. The number of benzene rings is 1. The van der Waals surface area contributed by atoms with E-state index in [9.17, 15) is 14.9 Å². The molecule has 0 heterocycles. The van der Waals surface area contributed by atoms with Gasteiger partial charge in [0.05, 0.1) is 9.40 Å². The van der Waals surface area contributed by atoms with Gasteiger partial charge in [-0.15, -0.1) is 0 Å². The lowest BCUT2D eigenvalue weighted by Gasteiger charge is -2.09. The summed E-state index contributed by atoms with van der Waals surface area (Å²) < 4.78 is 0.366. The zero-order valence-corrected chi connectivity index (χ0v) is 13.1. The normalized spacial score (nSPS) is 10.6. The van der Waals surface area contributed by atoms with E-state index in [2.05, 4.69) is 26.1 Å². The largest absolute Gasteiger partial charge is 0.352 e. The molecule has 0 fully saturated rings. The predicted octanol–water partition coefficient (Wildman–Crippen LogP) is 2.43. The minimum atomic E-state index is -0.516. The topological polar surface area (TPSA) is 75.5 Å². The highest BCUT2D eigenvalue weighted by molar-refractivity contribution is 9.10. The number of unbranched alkanes of at least 4 members (excludes halogenated alkanes) is 1. The van der Waals surface area contributed by atoms with Crippen LogP contribution >= 0.6 is 15.9 Å². The molecule has 0 aliphatic rings. The number of halogens is 1. The Labute approximate surface area is 126 Å². The van der Waals surface area contributed by atoms with Gasteiger partial charge in [0.2, 0.25) is 0 Å². The second kappa shape index (κ2) is 7.96. The summed E-state index contributed by atoms with van der Waals surface area (Å²) in [5.74, 6) is -0.287. The molecular weight excluding hydrogens is 326 g/mol. The van der Waals surface area contributed by atoms with Gasteiger partial charge in [0.15, 0.2) is 0 Å². The Bertz CT molecular complexity index is 492. The Hall–Kier alpha value is -1.47. The van der Waals surface area contributed by atoms with Crippen molar-refractivity contribution < 1.29 is 9.72 Å². The monoisotopic (exact) mass is 343 g/mol. The number of carbonyl (C=O) groups is 1. The van der Waals surface area contributed by atoms with Crippen LogP contribution in [0.25, 0.3) is 0 Å². The molecule has 0 spiro atoms. The van der Waals surface area contributed by atoms with Crippen LogP contribution in [0, 0.1) is 10.1 Å². The molecular formula is C13H18BrN3O3. The highest BCUT2D eigenvalue weighted by Gasteiger charge is 2.15. The van der Waals surface area contributed by atoms with E-state index in [0.717, 1.165) is 19.4 Å². The first-order valence-corrected chi connectivity index (χ1v) is 7.08. The van der Waals surface area contributed by atoms with Gasteiger partial charge in [0, 0.05) is 18.2 Å². The van der Waals surface area contributed by atoms with Crippen molar-refractivity contribution in [2.45, 2.75) is 12.8 Å². The van der Waals surface area contributed by atoms with Crippen LogP contribution in [0.3, 0.4) is 0 Å². The molecule has 1 rings (SSSR count). The van der Waals surface area contributed by atoms with Crippen molar-refractivity contribution >= 4 is 27.5 Å². The van der Waals surface area contributed by atoms with E-state index in [1.807, 2.05) is 14.1 Å². The first-order valence-electron chi connectivity index (χ1n) is 6.28. The fourth-order valence-corrected chi connectivity index (χ4v) is 2.04. The lowest BCUT2D eigenvalue weighted by atomic mass is 10.2. The van der Waals surface area contributed by atoms with Crippen molar-refractivity contribution in [2.24, 2.45) is 0 Å². The van der Waals surface area contributed by atoms with Crippen LogP contribution in [0.2, 0.25) is 0 Å². The second-order valence-electron chi connectivity index (χ2n) is 4.69. The number of nitro benzene ring substituents is 1. The summed E-state index contributed by atoms with van der Waals surface area (Å²) in [4.78, 5) is 24.2. The molecule has 0 aliphatic carbocycles. The summed E-state index contributed by atoms with van der Waals surface area (Å²) in [6.07, 6.45) is 1.87. The molecule has 0 radical (unpaired) electrons. The number of hydrogen-bond donors (Lipinski definition) is 1. The van der Waals surface area contributed by atoms with Gasteiger partial charge in [0.25, 0.3) is 11.6 Å². The van der Waals surface area contributed by atoms with Gasteiger partial charge < -0.3 is 10.2 Å².